The first-order valence-electron chi connectivity index (χ1n) is 4.24. The van der Waals surface area contributed by atoms with Gasteiger partial charge in [-0.25, -0.2) is 4.79 Å². The number of carboxylic acids is 1. The number of aliphatic carboxylic acids is 1. The molecule has 1 N–H and O–H groups in total. The lowest BCUT2D eigenvalue weighted by Crippen LogP contribution is -2.39. The van der Waals surface area contributed by atoms with Gasteiger partial charge < -0.3 is 9.84 Å². The molecular formula is C8H13N3O3. The van der Waals surface area contributed by atoms with Crippen molar-refractivity contribution in [2.24, 2.45) is 15.4 Å². The smallest absolute Gasteiger partial charge is 0.338 e. The molecule has 1 aliphatic rings. The summed E-state index contributed by atoms with van der Waals surface area (Å²) in [7, 11) is 0. The van der Waals surface area contributed by atoms with Gasteiger partial charge >= 0.3 is 5.97 Å². The summed E-state index contributed by atoms with van der Waals surface area (Å²) in [4.78, 5) is 10.9. The molecule has 0 aromatic heterocycles. The van der Waals surface area contributed by atoms with Gasteiger partial charge in [-0.2, -0.15) is 5.11 Å². The predicted octanol–water partition coefficient (Wildman–Crippen LogP) is 1.08. The van der Waals surface area contributed by atoms with Gasteiger partial charge in [-0.1, -0.05) is 0 Å². The van der Waals surface area contributed by atoms with Crippen LogP contribution in [0.1, 0.15) is 20.8 Å². The van der Waals surface area contributed by atoms with Crippen LogP contribution in [0.3, 0.4) is 0 Å². The number of hydrogen-bond donors (Lipinski definition) is 1. The van der Waals surface area contributed by atoms with Crippen molar-refractivity contribution in [1.82, 2.24) is 0 Å². The molecule has 0 fully saturated rings. The number of nitrogens with zero attached hydrogens (tertiary/aromatic N) is 3. The molecule has 1 heterocycles. The molecule has 0 aromatic carbocycles. The van der Waals surface area contributed by atoms with E-state index in [0.29, 0.717) is 5.71 Å². The zero-order valence-corrected chi connectivity index (χ0v) is 8.39. The molecule has 0 aromatic rings. The van der Waals surface area contributed by atoms with Gasteiger partial charge in [0, 0.05) is 0 Å². The molecule has 1 aliphatic heterocycles. The normalized spacial score (nSPS) is 18.1. The van der Waals surface area contributed by atoms with E-state index in [1.807, 2.05) is 0 Å². The maximum atomic E-state index is 10.9. The highest BCUT2D eigenvalue weighted by molar-refractivity contribution is 6.05. The quantitative estimate of drug-likeness (QED) is 0.738. The van der Waals surface area contributed by atoms with Crippen LogP contribution in [-0.2, 0) is 9.53 Å². The van der Waals surface area contributed by atoms with E-state index in [1.165, 1.54) is 0 Å². The SMILES string of the molecule is CC(C)(C)OC(C(=O)O)C1=NN=NC1. The van der Waals surface area contributed by atoms with E-state index < -0.39 is 17.7 Å². The Morgan fingerprint density at radius 1 is 1.57 bits per heavy atom. The third-order valence-electron chi connectivity index (χ3n) is 1.47. The Labute approximate surface area is 81.7 Å². The minimum absolute atomic E-state index is 0.201. The Morgan fingerprint density at radius 2 is 2.21 bits per heavy atom. The highest BCUT2D eigenvalue weighted by Gasteiger charge is 2.31. The van der Waals surface area contributed by atoms with E-state index in [1.54, 1.807) is 20.8 Å². The summed E-state index contributed by atoms with van der Waals surface area (Å²) in [6.07, 6.45) is -1.05. The summed E-state index contributed by atoms with van der Waals surface area (Å²) < 4.78 is 5.33. The van der Waals surface area contributed by atoms with Gasteiger partial charge in [-0.3, -0.25) is 0 Å². The Hall–Kier alpha value is -1.30. The summed E-state index contributed by atoms with van der Waals surface area (Å²) in [5.74, 6) is -1.06. The van der Waals surface area contributed by atoms with Crippen LogP contribution in [0.5, 0.6) is 0 Å². The van der Waals surface area contributed by atoms with E-state index in [0.717, 1.165) is 0 Å². The lowest BCUT2D eigenvalue weighted by atomic mass is 10.1. The monoisotopic (exact) mass is 199 g/mol. The van der Waals surface area contributed by atoms with Crippen LogP contribution < -0.4 is 0 Å². The van der Waals surface area contributed by atoms with Crippen molar-refractivity contribution in [1.29, 1.82) is 0 Å². The van der Waals surface area contributed by atoms with Gasteiger partial charge in [0.1, 0.15) is 12.3 Å². The lowest BCUT2D eigenvalue weighted by molar-refractivity contribution is -0.152. The van der Waals surface area contributed by atoms with Crippen LogP contribution in [-0.4, -0.2) is 35.0 Å². The molecule has 0 amide bonds. The molecule has 1 atom stereocenters. The number of ether oxygens (including phenoxy) is 1. The van der Waals surface area contributed by atoms with Crippen LogP contribution in [0, 0.1) is 0 Å². The fourth-order valence-corrected chi connectivity index (χ4v) is 0.975. The third kappa shape index (κ3) is 2.88. The van der Waals surface area contributed by atoms with Crippen molar-refractivity contribution >= 4 is 11.7 Å². The first-order valence-corrected chi connectivity index (χ1v) is 4.24. The second-order valence-corrected chi connectivity index (χ2v) is 3.93. The minimum atomic E-state index is -1.06. The van der Waals surface area contributed by atoms with E-state index in [-0.39, 0.29) is 6.54 Å². The molecule has 0 aliphatic carbocycles. The van der Waals surface area contributed by atoms with Crippen molar-refractivity contribution < 1.29 is 14.6 Å². The van der Waals surface area contributed by atoms with E-state index in [9.17, 15) is 4.79 Å². The van der Waals surface area contributed by atoms with Crippen molar-refractivity contribution in [2.45, 2.75) is 32.5 Å². The molecule has 78 valence electrons. The van der Waals surface area contributed by atoms with Crippen LogP contribution >= 0.6 is 0 Å². The maximum absolute atomic E-state index is 10.9. The molecule has 0 saturated heterocycles. The van der Waals surface area contributed by atoms with Crippen molar-refractivity contribution in [2.75, 3.05) is 6.54 Å². The van der Waals surface area contributed by atoms with Crippen LogP contribution in [0.15, 0.2) is 15.4 Å². The van der Waals surface area contributed by atoms with E-state index in [2.05, 4.69) is 15.4 Å². The zero-order valence-electron chi connectivity index (χ0n) is 8.39. The van der Waals surface area contributed by atoms with Gasteiger partial charge in [0.15, 0.2) is 6.10 Å². The summed E-state index contributed by atoms with van der Waals surface area (Å²) in [6.45, 7) is 5.55. The molecule has 1 rings (SSSR count). The number of rotatable bonds is 3. The molecule has 0 spiro atoms. The largest absolute Gasteiger partial charge is 0.479 e. The molecular weight excluding hydrogens is 186 g/mol. The second-order valence-electron chi connectivity index (χ2n) is 3.93. The summed E-state index contributed by atoms with van der Waals surface area (Å²) in [5, 5.41) is 19.5. The third-order valence-corrected chi connectivity index (χ3v) is 1.47. The van der Waals surface area contributed by atoms with Crippen LogP contribution in [0.25, 0.3) is 0 Å². The van der Waals surface area contributed by atoms with Gasteiger partial charge in [0.05, 0.1) is 5.60 Å². The highest BCUT2D eigenvalue weighted by atomic mass is 16.5. The maximum Gasteiger partial charge on any atom is 0.338 e. The molecule has 0 bridgehead atoms. The van der Waals surface area contributed by atoms with Crippen LogP contribution in [0.4, 0.5) is 0 Å². The Balaban J connectivity index is 2.71. The second kappa shape index (κ2) is 3.83. The van der Waals surface area contributed by atoms with Gasteiger partial charge in [-0.15, -0.1) is 5.10 Å². The summed E-state index contributed by atoms with van der Waals surface area (Å²) >= 11 is 0. The Bertz CT molecular complexity index is 291. The number of hydrogen-bond acceptors (Lipinski definition) is 5. The van der Waals surface area contributed by atoms with Crippen molar-refractivity contribution in [3.05, 3.63) is 0 Å². The van der Waals surface area contributed by atoms with Gasteiger partial charge in [0.2, 0.25) is 0 Å². The zero-order chi connectivity index (χ0) is 10.8. The summed E-state index contributed by atoms with van der Waals surface area (Å²) in [5.41, 5.74) is -0.193. The first-order chi connectivity index (χ1) is 6.40. The number of carbonyl (C=O) groups is 1. The topological polar surface area (TPSA) is 83.6 Å². The van der Waals surface area contributed by atoms with Crippen LogP contribution in [0.2, 0.25) is 0 Å². The minimum Gasteiger partial charge on any atom is -0.479 e. The van der Waals surface area contributed by atoms with E-state index >= 15 is 0 Å². The lowest BCUT2D eigenvalue weighted by Gasteiger charge is -2.24. The first kappa shape index (κ1) is 10.8. The molecule has 0 radical (unpaired) electrons. The number of carboxylic acid groups (broad SMARTS) is 1. The average molecular weight is 199 g/mol. The fourth-order valence-electron chi connectivity index (χ4n) is 0.975. The van der Waals surface area contributed by atoms with E-state index in [4.69, 9.17) is 9.84 Å². The summed E-state index contributed by atoms with van der Waals surface area (Å²) in [6, 6.07) is 0. The predicted molar refractivity (Wildman–Crippen MR) is 49.4 cm³/mol. The molecule has 1 unspecified atom stereocenters. The Morgan fingerprint density at radius 3 is 2.57 bits per heavy atom. The standard InChI is InChI=1S/C8H13N3O3/c1-8(2,3)14-6(7(12)13)5-4-9-11-10-5/h6H,4H2,1-3H3,(H,12,13). The fraction of sp³-hybridized carbons (Fsp3) is 0.750. The highest BCUT2D eigenvalue weighted by Crippen LogP contribution is 2.14. The molecule has 6 heteroatoms. The molecule has 14 heavy (non-hydrogen) atoms. The average Bonchev–Trinajstić information content (AvgIpc) is 2.49. The van der Waals surface area contributed by atoms with Gasteiger partial charge in [0.25, 0.3) is 0 Å². The molecule has 0 saturated carbocycles. The van der Waals surface area contributed by atoms with Crippen molar-refractivity contribution in [3.63, 3.8) is 0 Å². The van der Waals surface area contributed by atoms with Crippen molar-refractivity contribution in [3.8, 4) is 0 Å². The molecule has 6 nitrogen and oxygen atoms in total. The van der Waals surface area contributed by atoms with Gasteiger partial charge in [-0.05, 0) is 26.0 Å². The Kier molecular flexibility index (Phi) is 2.95.